The third kappa shape index (κ3) is 3.62. The molecule has 3 aromatic rings. The van der Waals surface area contributed by atoms with Gasteiger partial charge in [-0.05, 0) is 47.1 Å². The molecule has 2 amide bonds. The van der Waals surface area contributed by atoms with E-state index in [0.717, 1.165) is 3.79 Å². The van der Waals surface area contributed by atoms with Gasteiger partial charge in [0.1, 0.15) is 11.5 Å². The van der Waals surface area contributed by atoms with Crippen molar-refractivity contribution < 1.29 is 14.0 Å². The van der Waals surface area contributed by atoms with Crippen molar-refractivity contribution in [3.05, 3.63) is 68.3 Å². The minimum atomic E-state index is -0.538. The molecular weight excluding hydrogens is 411 g/mol. The van der Waals surface area contributed by atoms with Crippen LogP contribution in [-0.2, 0) is 0 Å². The van der Waals surface area contributed by atoms with Crippen molar-refractivity contribution in [2.45, 2.75) is 6.92 Å². The Bertz CT molecular complexity index is 953. The topological polar surface area (TPSA) is 76.0 Å². The van der Waals surface area contributed by atoms with Crippen LogP contribution in [0.4, 0.5) is 4.39 Å². The Morgan fingerprint density at radius 2 is 1.88 bits per heavy atom. The van der Waals surface area contributed by atoms with Gasteiger partial charge in [0, 0.05) is 0 Å². The Hall–Kier alpha value is -2.52. The Morgan fingerprint density at radius 1 is 1.16 bits per heavy atom. The Kier molecular flexibility index (Phi) is 4.95. The molecule has 0 bridgehead atoms. The maximum absolute atomic E-state index is 13.9. The summed E-state index contributed by atoms with van der Waals surface area (Å²) in [4.78, 5) is 24.7. The number of hydrogen-bond donors (Lipinski definition) is 2. The quantitative estimate of drug-likeness (QED) is 0.636. The van der Waals surface area contributed by atoms with Crippen LogP contribution in [0, 0.1) is 12.7 Å². The van der Waals surface area contributed by atoms with Crippen molar-refractivity contribution >= 4 is 39.1 Å². The second-order valence-electron chi connectivity index (χ2n) is 5.02. The monoisotopic (exact) mass is 422 g/mol. The predicted molar refractivity (Wildman–Crippen MR) is 95.2 cm³/mol. The van der Waals surface area contributed by atoms with Crippen LogP contribution >= 0.6 is 27.3 Å². The van der Waals surface area contributed by atoms with E-state index in [1.807, 2.05) is 0 Å². The van der Waals surface area contributed by atoms with Gasteiger partial charge < -0.3 is 0 Å². The van der Waals surface area contributed by atoms with E-state index in [1.54, 1.807) is 37.3 Å². The molecule has 0 radical (unpaired) electrons. The first-order valence-corrected chi connectivity index (χ1v) is 8.74. The van der Waals surface area contributed by atoms with Crippen molar-refractivity contribution in [1.82, 2.24) is 20.6 Å². The molecule has 1 aromatic carbocycles. The third-order valence-electron chi connectivity index (χ3n) is 3.42. The fourth-order valence-electron chi connectivity index (χ4n) is 2.18. The summed E-state index contributed by atoms with van der Waals surface area (Å²) >= 11 is 4.51. The summed E-state index contributed by atoms with van der Waals surface area (Å²) in [5, 5.41) is 4.06. The van der Waals surface area contributed by atoms with Gasteiger partial charge in [-0.1, -0.05) is 12.1 Å². The van der Waals surface area contributed by atoms with E-state index in [1.165, 1.54) is 28.3 Å². The average molecular weight is 423 g/mol. The summed E-state index contributed by atoms with van der Waals surface area (Å²) in [6.07, 6.45) is 1.32. The minimum Gasteiger partial charge on any atom is -0.267 e. The number of carbonyl (C=O) groups is 2. The van der Waals surface area contributed by atoms with Gasteiger partial charge in [-0.15, -0.1) is 11.3 Å². The van der Waals surface area contributed by atoms with Crippen LogP contribution in [0.2, 0.25) is 0 Å². The third-order valence-corrected chi connectivity index (χ3v) is 5.04. The van der Waals surface area contributed by atoms with Crippen LogP contribution in [0.15, 0.2) is 46.4 Å². The summed E-state index contributed by atoms with van der Waals surface area (Å²) in [7, 11) is 0. The molecule has 3 rings (SSSR count). The number of carbonyl (C=O) groups excluding carboxylic acids is 2. The second kappa shape index (κ2) is 7.16. The average Bonchev–Trinajstić information content (AvgIpc) is 3.19. The molecule has 0 aliphatic heterocycles. The van der Waals surface area contributed by atoms with Crippen LogP contribution in [0.25, 0.3) is 5.69 Å². The molecular formula is C16H12BrFN4O2S. The minimum absolute atomic E-state index is 0.232. The number of para-hydroxylation sites is 1. The fraction of sp³-hybridized carbons (Fsp3) is 0.0625. The first-order valence-electron chi connectivity index (χ1n) is 7.13. The molecule has 9 heteroatoms. The largest absolute Gasteiger partial charge is 0.279 e. The lowest BCUT2D eigenvalue weighted by atomic mass is 10.2. The highest BCUT2D eigenvalue weighted by Gasteiger charge is 2.17. The zero-order valence-corrected chi connectivity index (χ0v) is 15.3. The van der Waals surface area contributed by atoms with Gasteiger partial charge in [-0.2, -0.15) is 5.10 Å². The molecule has 0 aliphatic rings. The highest BCUT2D eigenvalue weighted by molar-refractivity contribution is 9.11. The highest BCUT2D eigenvalue weighted by Crippen LogP contribution is 2.21. The molecule has 0 aliphatic carbocycles. The normalized spacial score (nSPS) is 10.5. The van der Waals surface area contributed by atoms with Gasteiger partial charge in [-0.25, -0.2) is 9.07 Å². The lowest BCUT2D eigenvalue weighted by Crippen LogP contribution is -2.41. The highest BCUT2D eigenvalue weighted by atomic mass is 79.9. The van der Waals surface area contributed by atoms with E-state index in [2.05, 4.69) is 31.9 Å². The standard InChI is InChI=1S/C16H12BrFN4O2S/c1-9-10(8-19-22(9)12-5-3-2-4-11(12)18)15(23)20-21-16(24)13-6-7-14(17)25-13/h2-8H,1H3,(H,20,23)(H,21,24). The van der Waals surface area contributed by atoms with E-state index in [4.69, 9.17) is 0 Å². The summed E-state index contributed by atoms with van der Waals surface area (Å²) < 4.78 is 16.0. The van der Waals surface area contributed by atoms with Crippen molar-refractivity contribution in [3.63, 3.8) is 0 Å². The Labute approximate surface area is 154 Å². The predicted octanol–water partition coefficient (Wildman–Crippen LogP) is 3.22. The molecule has 128 valence electrons. The summed E-state index contributed by atoms with van der Waals surface area (Å²) in [6.45, 7) is 1.65. The summed E-state index contributed by atoms with van der Waals surface area (Å²) in [6, 6.07) is 9.51. The van der Waals surface area contributed by atoms with E-state index in [9.17, 15) is 14.0 Å². The van der Waals surface area contributed by atoms with E-state index in [-0.39, 0.29) is 11.3 Å². The molecule has 2 N–H and O–H groups in total. The second-order valence-corrected chi connectivity index (χ2v) is 7.48. The van der Waals surface area contributed by atoms with Crippen molar-refractivity contribution in [3.8, 4) is 5.69 Å². The van der Waals surface area contributed by atoms with Crippen LogP contribution in [0.1, 0.15) is 25.7 Å². The van der Waals surface area contributed by atoms with Crippen LogP contribution in [0.3, 0.4) is 0 Å². The molecule has 0 unspecified atom stereocenters. The number of halogens is 2. The smallest absolute Gasteiger partial charge is 0.267 e. The van der Waals surface area contributed by atoms with Gasteiger partial charge in [0.05, 0.1) is 26.1 Å². The van der Waals surface area contributed by atoms with Crippen molar-refractivity contribution in [1.29, 1.82) is 0 Å². The van der Waals surface area contributed by atoms with Crippen LogP contribution in [-0.4, -0.2) is 21.6 Å². The van der Waals surface area contributed by atoms with Crippen molar-refractivity contribution in [2.24, 2.45) is 0 Å². The van der Waals surface area contributed by atoms with Crippen LogP contribution < -0.4 is 10.9 Å². The van der Waals surface area contributed by atoms with Gasteiger partial charge in [0.2, 0.25) is 0 Å². The number of rotatable bonds is 3. The first kappa shape index (κ1) is 17.3. The molecule has 25 heavy (non-hydrogen) atoms. The molecule has 2 heterocycles. The van der Waals surface area contributed by atoms with Gasteiger partial charge in [0.25, 0.3) is 11.8 Å². The number of amides is 2. The number of nitrogens with one attached hydrogen (secondary N) is 2. The zero-order chi connectivity index (χ0) is 18.0. The molecule has 2 aromatic heterocycles. The molecule has 0 saturated carbocycles. The van der Waals surface area contributed by atoms with Crippen molar-refractivity contribution in [2.75, 3.05) is 0 Å². The Balaban J connectivity index is 1.73. The number of hydrazine groups is 1. The molecule has 6 nitrogen and oxygen atoms in total. The number of benzene rings is 1. The number of aromatic nitrogens is 2. The van der Waals surface area contributed by atoms with Gasteiger partial charge in [0.15, 0.2) is 0 Å². The maximum Gasteiger partial charge on any atom is 0.279 e. The van der Waals surface area contributed by atoms with Crippen LogP contribution in [0.5, 0.6) is 0 Å². The molecule has 0 atom stereocenters. The Morgan fingerprint density at radius 3 is 2.56 bits per heavy atom. The number of thiophene rings is 1. The molecule has 0 fully saturated rings. The van der Waals surface area contributed by atoms with E-state index in [0.29, 0.717) is 10.6 Å². The number of nitrogens with zero attached hydrogens (tertiary/aromatic N) is 2. The van der Waals surface area contributed by atoms with E-state index >= 15 is 0 Å². The summed E-state index contributed by atoms with van der Waals surface area (Å²) in [5.41, 5.74) is 5.60. The fourth-order valence-corrected chi connectivity index (χ4v) is 3.46. The maximum atomic E-state index is 13.9. The molecule has 0 saturated heterocycles. The SMILES string of the molecule is Cc1c(C(=O)NNC(=O)c2ccc(Br)s2)cnn1-c1ccccc1F. The summed E-state index contributed by atoms with van der Waals surface area (Å²) in [5.74, 6) is -1.41. The number of hydrogen-bond acceptors (Lipinski definition) is 4. The van der Waals surface area contributed by atoms with Gasteiger partial charge in [-0.3, -0.25) is 20.4 Å². The first-order chi connectivity index (χ1) is 12.0. The van der Waals surface area contributed by atoms with E-state index < -0.39 is 17.6 Å². The lowest BCUT2D eigenvalue weighted by Gasteiger charge is -2.08. The molecule has 0 spiro atoms. The van der Waals surface area contributed by atoms with Gasteiger partial charge >= 0.3 is 0 Å². The lowest BCUT2D eigenvalue weighted by molar-refractivity contribution is 0.0848. The zero-order valence-electron chi connectivity index (χ0n) is 12.9.